The predicted octanol–water partition coefficient (Wildman–Crippen LogP) is 1.89. The van der Waals surface area contributed by atoms with Crippen LogP contribution in [0.3, 0.4) is 0 Å². The summed E-state index contributed by atoms with van der Waals surface area (Å²) in [6, 6.07) is 8.56. The fraction of sp³-hybridized carbons (Fsp3) is 0.500. The number of hydrogen-bond acceptors (Lipinski definition) is 4. The van der Waals surface area contributed by atoms with Gasteiger partial charge in [-0.05, 0) is 24.5 Å². The quantitative estimate of drug-likeness (QED) is 0.837. The number of benzene rings is 1. The third kappa shape index (κ3) is 3.98. The van der Waals surface area contributed by atoms with Crippen molar-refractivity contribution in [2.24, 2.45) is 7.05 Å². The first-order valence-corrected chi connectivity index (χ1v) is 8.78. The van der Waals surface area contributed by atoms with Gasteiger partial charge in [0.25, 0.3) is 0 Å². The predicted molar refractivity (Wildman–Crippen MR) is 96.1 cm³/mol. The molecule has 3 rings (SSSR count). The molecule has 6 heteroatoms. The van der Waals surface area contributed by atoms with Gasteiger partial charge in [0.2, 0.25) is 0 Å². The van der Waals surface area contributed by atoms with E-state index in [-0.39, 0.29) is 0 Å². The number of hydrogen-bond donors (Lipinski definition) is 2. The highest BCUT2D eigenvalue weighted by Gasteiger charge is 2.18. The van der Waals surface area contributed by atoms with Crippen LogP contribution >= 0.6 is 11.6 Å². The molecular formula is C18H25ClN4O. The van der Waals surface area contributed by atoms with Gasteiger partial charge in [0.15, 0.2) is 0 Å². The van der Waals surface area contributed by atoms with Crippen molar-refractivity contribution in [1.29, 1.82) is 0 Å². The Labute approximate surface area is 148 Å². The van der Waals surface area contributed by atoms with E-state index >= 15 is 0 Å². The average molecular weight is 349 g/mol. The lowest BCUT2D eigenvalue weighted by Crippen LogP contribution is -2.40. The van der Waals surface area contributed by atoms with E-state index in [1.165, 1.54) is 11.1 Å². The normalized spacial score (nSPS) is 16.2. The Morgan fingerprint density at radius 3 is 2.79 bits per heavy atom. The van der Waals surface area contributed by atoms with Gasteiger partial charge in [-0.3, -0.25) is 9.58 Å². The molecule has 1 atom stereocenters. The second-order valence-corrected chi connectivity index (χ2v) is 6.87. The maximum absolute atomic E-state index is 10.3. The number of β-amino-alcohol motifs (C(OH)–C–C–N with tert-alkyl or cyclic N) is 1. The van der Waals surface area contributed by atoms with Gasteiger partial charge in [-0.2, -0.15) is 5.10 Å². The summed E-state index contributed by atoms with van der Waals surface area (Å²) in [5, 5.41) is 18.6. The topological polar surface area (TPSA) is 53.3 Å². The van der Waals surface area contributed by atoms with Gasteiger partial charge in [-0.15, -0.1) is 0 Å². The lowest BCUT2D eigenvalue weighted by molar-refractivity contribution is 0.104. The molecule has 5 nitrogen and oxygen atoms in total. The first kappa shape index (κ1) is 17.4. The summed E-state index contributed by atoms with van der Waals surface area (Å²) in [5.41, 5.74) is 4.74. The Hall–Kier alpha value is -1.40. The molecule has 24 heavy (non-hydrogen) atoms. The third-order valence-corrected chi connectivity index (χ3v) is 5.10. The highest BCUT2D eigenvalue weighted by Crippen LogP contribution is 2.19. The van der Waals surface area contributed by atoms with E-state index in [9.17, 15) is 5.11 Å². The van der Waals surface area contributed by atoms with Crippen molar-refractivity contribution < 1.29 is 5.11 Å². The summed E-state index contributed by atoms with van der Waals surface area (Å²) in [5.74, 6) is 0. The highest BCUT2D eigenvalue weighted by molar-refractivity contribution is 6.30. The fourth-order valence-corrected chi connectivity index (χ4v) is 3.55. The molecule has 130 valence electrons. The molecule has 0 aliphatic carbocycles. The van der Waals surface area contributed by atoms with Crippen molar-refractivity contribution in [2.75, 3.05) is 19.6 Å². The smallest absolute Gasteiger partial charge is 0.131 e. The minimum absolute atomic E-state index is 0.397. The lowest BCUT2D eigenvalue weighted by Gasteiger charge is -2.30. The van der Waals surface area contributed by atoms with Crippen molar-refractivity contribution in [3.05, 3.63) is 51.8 Å². The molecule has 2 heterocycles. The summed E-state index contributed by atoms with van der Waals surface area (Å²) in [7, 11) is 1.84. The van der Waals surface area contributed by atoms with Gasteiger partial charge in [-0.25, -0.2) is 0 Å². The number of rotatable bonds is 6. The van der Waals surface area contributed by atoms with Crippen LogP contribution in [-0.2, 0) is 26.6 Å². The third-order valence-electron chi connectivity index (χ3n) is 4.63. The molecule has 1 aliphatic heterocycles. The van der Waals surface area contributed by atoms with E-state index in [1.807, 2.05) is 14.0 Å². The summed E-state index contributed by atoms with van der Waals surface area (Å²) in [6.45, 7) is 5.72. The number of aromatic nitrogens is 2. The van der Waals surface area contributed by atoms with Gasteiger partial charge in [-0.1, -0.05) is 35.9 Å². The second-order valence-electron chi connectivity index (χ2n) is 6.52. The van der Waals surface area contributed by atoms with Crippen LogP contribution in [0.25, 0.3) is 0 Å². The molecule has 0 bridgehead atoms. The summed E-state index contributed by atoms with van der Waals surface area (Å²) >= 11 is 6.22. The van der Waals surface area contributed by atoms with E-state index in [1.54, 1.807) is 4.68 Å². The highest BCUT2D eigenvalue weighted by atomic mass is 35.5. The second kappa shape index (κ2) is 7.66. The van der Waals surface area contributed by atoms with E-state index in [0.29, 0.717) is 24.8 Å². The number of aliphatic hydroxyl groups is 1. The monoisotopic (exact) mass is 348 g/mol. The summed E-state index contributed by atoms with van der Waals surface area (Å²) in [4.78, 5) is 2.32. The maximum Gasteiger partial charge on any atom is 0.131 e. The largest absolute Gasteiger partial charge is 0.390 e. The molecule has 1 aromatic carbocycles. The minimum atomic E-state index is -0.397. The number of aryl methyl sites for hydroxylation is 2. The van der Waals surface area contributed by atoms with Gasteiger partial charge in [0, 0.05) is 45.3 Å². The van der Waals surface area contributed by atoms with Crippen molar-refractivity contribution in [1.82, 2.24) is 20.0 Å². The van der Waals surface area contributed by atoms with Crippen LogP contribution in [0.2, 0.25) is 5.15 Å². The zero-order chi connectivity index (χ0) is 17.1. The van der Waals surface area contributed by atoms with E-state index < -0.39 is 6.10 Å². The first-order valence-electron chi connectivity index (χ1n) is 8.40. The Morgan fingerprint density at radius 2 is 2.08 bits per heavy atom. The van der Waals surface area contributed by atoms with E-state index in [2.05, 4.69) is 39.6 Å². The Balaban J connectivity index is 1.46. The molecule has 2 N–H and O–H groups in total. The van der Waals surface area contributed by atoms with E-state index in [0.717, 1.165) is 30.8 Å². The summed E-state index contributed by atoms with van der Waals surface area (Å²) in [6.07, 6.45) is 0.659. The number of aliphatic hydroxyl groups excluding tert-OH is 1. The van der Waals surface area contributed by atoms with Crippen LogP contribution in [0.15, 0.2) is 24.3 Å². The lowest BCUT2D eigenvalue weighted by atomic mass is 10.00. The van der Waals surface area contributed by atoms with Gasteiger partial charge in [0.05, 0.1) is 11.8 Å². The van der Waals surface area contributed by atoms with Crippen molar-refractivity contribution >= 4 is 11.6 Å². The van der Waals surface area contributed by atoms with E-state index in [4.69, 9.17) is 11.6 Å². The number of fused-ring (bicyclic) bond motifs is 1. The molecule has 0 spiro atoms. The van der Waals surface area contributed by atoms with Crippen molar-refractivity contribution in [3.63, 3.8) is 0 Å². The molecule has 0 unspecified atom stereocenters. The van der Waals surface area contributed by atoms with Crippen LogP contribution < -0.4 is 5.32 Å². The molecule has 1 aliphatic rings. The van der Waals surface area contributed by atoms with Crippen LogP contribution in [0.5, 0.6) is 0 Å². The van der Waals surface area contributed by atoms with Crippen LogP contribution in [-0.4, -0.2) is 45.5 Å². The maximum atomic E-state index is 10.3. The minimum Gasteiger partial charge on any atom is -0.390 e. The standard InChI is InChI=1S/C18H25ClN4O/c1-13-17(18(19)22(2)21-13)10-20-9-16(24)12-23-8-7-14-5-3-4-6-15(14)11-23/h3-6,16,20,24H,7-12H2,1-2H3/t16-/m0/s1. The Kier molecular flexibility index (Phi) is 5.56. The van der Waals surface area contributed by atoms with Crippen molar-refractivity contribution in [3.8, 4) is 0 Å². The van der Waals surface area contributed by atoms with Crippen LogP contribution in [0.1, 0.15) is 22.4 Å². The molecular weight excluding hydrogens is 324 g/mol. The van der Waals surface area contributed by atoms with Gasteiger partial charge < -0.3 is 10.4 Å². The van der Waals surface area contributed by atoms with Crippen LogP contribution in [0.4, 0.5) is 0 Å². The van der Waals surface area contributed by atoms with Gasteiger partial charge in [0.1, 0.15) is 5.15 Å². The molecule has 0 amide bonds. The Bertz CT molecular complexity index is 700. The molecule has 0 radical (unpaired) electrons. The number of halogens is 1. The van der Waals surface area contributed by atoms with Crippen molar-refractivity contribution in [2.45, 2.75) is 32.5 Å². The zero-order valence-electron chi connectivity index (χ0n) is 14.3. The number of nitrogens with zero attached hydrogens (tertiary/aromatic N) is 3. The average Bonchev–Trinajstić information content (AvgIpc) is 2.81. The van der Waals surface area contributed by atoms with Crippen LogP contribution in [0, 0.1) is 6.92 Å². The molecule has 0 fully saturated rings. The molecule has 0 saturated carbocycles. The molecule has 0 saturated heterocycles. The molecule has 2 aromatic rings. The SMILES string of the molecule is Cc1nn(C)c(Cl)c1CNC[C@H](O)CN1CCc2ccccc2C1. The first-order chi connectivity index (χ1) is 11.5. The zero-order valence-corrected chi connectivity index (χ0v) is 15.1. The number of nitrogens with one attached hydrogen (secondary N) is 1. The molecule has 1 aromatic heterocycles. The Morgan fingerprint density at radius 1 is 1.33 bits per heavy atom. The summed E-state index contributed by atoms with van der Waals surface area (Å²) < 4.78 is 1.68. The fourth-order valence-electron chi connectivity index (χ4n) is 3.31. The van der Waals surface area contributed by atoms with Gasteiger partial charge >= 0.3 is 0 Å².